The molecule has 164 valence electrons. The summed E-state index contributed by atoms with van der Waals surface area (Å²) in [6, 6.07) is 10.8. The van der Waals surface area contributed by atoms with Gasteiger partial charge in [-0.1, -0.05) is 18.2 Å². The van der Waals surface area contributed by atoms with Crippen LogP contribution in [-0.4, -0.2) is 66.2 Å². The molecule has 1 aliphatic heterocycles. The van der Waals surface area contributed by atoms with E-state index in [9.17, 15) is 22.4 Å². The Bertz CT molecular complexity index is 862. The summed E-state index contributed by atoms with van der Waals surface area (Å²) in [5.74, 6) is -2.74. The van der Waals surface area contributed by atoms with Crippen molar-refractivity contribution in [3.8, 4) is 10.4 Å². The molecule has 5 nitrogen and oxygen atoms in total. The zero-order valence-electron chi connectivity index (χ0n) is 16.3. The van der Waals surface area contributed by atoms with Gasteiger partial charge in [0.1, 0.15) is 5.82 Å². The highest BCUT2D eigenvalue weighted by atomic mass is 32.1. The third kappa shape index (κ3) is 7.10. The summed E-state index contributed by atoms with van der Waals surface area (Å²) in [6.45, 7) is 3.53. The molecule has 1 aromatic carbocycles. The second-order valence-electron chi connectivity index (χ2n) is 6.73. The van der Waals surface area contributed by atoms with Crippen LogP contribution in [0.5, 0.6) is 0 Å². The molecule has 1 amide bonds. The third-order valence-electron chi connectivity index (χ3n) is 4.48. The number of aryl methyl sites for hydroxylation is 1. The van der Waals surface area contributed by atoms with Crippen molar-refractivity contribution >= 4 is 23.2 Å². The zero-order chi connectivity index (χ0) is 22.3. The van der Waals surface area contributed by atoms with Gasteiger partial charge in [-0.05, 0) is 31.7 Å². The molecular formula is C20H22F4N2O3S. The van der Waals surface area contributed by atoms with Crippen LogP contribution in [0.3, 0.4) is 0 Å². The van der Waals surface area contributed by atoms with Gasteiger partial charge in [0.15, 0.2) is 0 Å². The molecule has 1 aromatic heterocycles. The van der Waals surface area contributed by atoms with E-state index in [4.69, 9.17) is 9.90 Å². The van der Waals surface area contributed by atoms with Crippen molar-refractivity contribution in [1.82, 2.24) is 9.80 Å². The van der Waals surface area contributed by atoms with Gasteiger partial charge < -0.3 is 14.9 Å². The molecule has 0 aliphatic carbocycles. The van der Waals surface area contributed by atoms with Crippen LogP contribution in [0.2, 0.25) is 0 Å². The molecule has 0 spiro atoms. The van der Waals surface area contributed by atoms with Crippen LogP contribution in [0.4, 0.5) is 17.6 Å². The quantitative estimate of drug-likeness (QED) is 0.724. The fraction of sp³-hybridized carbons (Fsp3) is 0.400. The minimum absolute atomic E-state index is 0.200. The van der Waals surface area contributed by atoms with Crippen LogP contribution in [0.1, 0.15) is 11.3 Å². The number of hydrogen-bond donors (Lipinski definition) is 1. The Kier molecular flexibility index (Phi) is 8.36. The second kappa shape index (κ2) is 10.5. The van der Waals surface area contributed by atoms with Crippen LogP contribution in [0.15, 0.2) is 36.4 Å². The number of nitrogens with zero attached hydrogens (tertiary/aromatic N) is 2. The van der Waals surface area contributed by atoms with E-state index >= 15 is 0 Å². The first-order valence-electron chi connectivity index (χ1n) is 9.18. The van der Waals surface area contributed by atoms with Crippen LogP contribution < -0.4 is 0 Å². The van der Waals surface area contributed by atoms with E-state index in [1.165, 1.54) is 6.07 Å². The van der Waals surface area contributed by atoms with E-state index in [-0.39, 0.29) is 11.7 Å². The minimum Gasteiger partial charge on any atom is -0.475 e. The minimum atomic E-state index is -5.08. The number of amides is 1. The van der Waals surface area contributed by atoms with Gasteiger partial charge in [0.05, 0.1) is 0 Å². The van der Waals surface area contributed by atoms with Gasteiger partial charge in [0, 0.05) is 47.9 Å². The average molecular weight is 446 g/mol. The first-order chi connectivity index (χ1) is 14.1. The lowest BCUT2D eigenvalue weighted by Gasteiger charge is -2.32. The summed E-state index contributed by atoms with van der Waals surface area (Å²) in [7, 11) is 2.08. The molecule has 2 heterocycles. The molecule has 0 bridgehead atoms. The maximum absolute atomic E-state index is 13.8. The molecular weight excluding hydrogens is 424 g/mol. The highest BCUT2D eigenvalue weighted by Gasteiger charge is 2.38. The number of benzene rings is 1. The van der Waals surface area contributed by atoms with Crippen molar-refractivity contribution in [3.63, 3.8) is 0 Å². The first-order valence-corrected chi connectivity index (χ1v) is 9.99. The molecule has 0 atom stereocenters. The molecule has 1 fully saturated rings. The Hall–Kier alpha value is -2.46. The lowest BCUT2D eigenvalue weighted by Crippen LogP contribution is -2.47. The number of hydrogen-bond acceptors (Lipinski definition) is 4. The summed E-state index contributed by atoms with van der Waals surface area (Å²) >= 11 is 1.57. The number of carbonyl (C=O) groups is 2. The first kappa shape index (κ1) is 23.8. The molecule has 1 aliphatic rings. The molecule has 10 heteroatoms. The van der Waals surface area contributed by atoms with Crippen molar-refractivity contribution in [2.45, 2.75) is 19.0 Å². The molecule has 1 saturated heterocycles. The summed E-state index contributed by atoms with van der Waals surface area (Å²) in [4.78, 5) is 27.4. The molecule has 0 radical (unpaired) electrons. The number of thiophene rings is 1. The smallest absolute Gasteiger partial charge is 0.475 e. The number of likely N-dealkylation sites (N-methyl/N-ethyl adjacent to an activating group) is 1. The normalized spacial score (nSPS) is 14.8. The monoisotopic (exact) mass is 446 g/mol. The van der Waals surface area contributed by atoms with Crippen molar-refractivity contribution in [3.05, 3.63) is 47.1 Å². The maximum atomic E-state index is 13.8. The number of rotatable bonds is 4. The fourth-order valence-corrected chi connectivity index (χ4v) is 3.80. The Morgan fingerprint density at radius 1 is 1.07 bits per heavy atom. The van der Waals surface area contributed by atoms with Crippen molar-refractivity contribution in [1.29, 1.82) is 0 Å². The lowest BCUT2D eigenvalue weighted by molar-refractivity contribution is -0.192. The second-order valence-corrected chi connectivity index (χ2v) is 7.90. The fourth-order valence-electron chi connectivity index (χ4n) is 2.76. The molecule has 0 unspecified atom stereocenters. The van der Waals surface area contributed by atoms with Gasteiger partial charge in [-0.2, -0.15) is 13.2 Å². The maximum Gasteiger partial charge on any atom is 0.490 e. The number of carboxylic acid groups (broad SMARTS) is 1. The predicted molar refractivity (Wildman–Crippen MR) is 106 cm³/mol. The summed E-state index contributed by atoms with van der Waals surface area (Å²) < 4.78 is 45.6. The predicted octanol–water partition coefficient (Wildman–Crippen LogP) is 3.89. The van der Waals surface area contributed by atoms with Crippen LogP contribution in [-0.2, 0) is 16.0 Å². The number of carbonyl (C=O) groups excluding carboxylic acids is 1. The van der Waals surface area contributed by atoms with Crippen molar-refractivity contribution in [2.24, 2.45) is 0 Å². The molecule has 3 rings (SSSR count). The number of alkyl halides is 3. The van der Waals surface area contributed by atoms with Crippen LogP contribution in [0, 0.1) is 5.82 Å². The third-order valence-corrected chi connectivity index (χ3v) is 5.66. The van der Waals surface area contributed by atoms with E-state index in [1.54, 1.807) is 23.5 Å². The Balaban J connectivity index is 0.000000396. The van der Waals surface area contributed by atoms with Crippen molar-refractivity contribution in [2.75, 3.05) is 33.2 Å². The van der Waals surface area contributed by atoms with E-state index in [0.29, 0.717) is 12.0 Å². The largest absolute Gasteiger partial charge is 0.490 e. The van der Waals surface area contributed by atoms with E-state index in [1.807, 2.05) is 23.1 Å². The van der Waals surface area contributed by atoms with E-state index in [2.05, 4.69) is 11.9 Å². The zero-order valence-corrected chi connectivity index (χ0v) is 17.1. The number of carboxylic acids is 1. The van der Waals surface area contributed by atoms with Gasteiger partial charge in [-0.3, -0.25) is 4.79 Å². The van der Waals surface area contributed by atoms with Gasteiger partial charge in [-0.25, -0.2) is 9.18 Å². The lowest BCUT2D eigenvalue weighted by atomic mass is 10.2. The number of piperazine rings is 1. The SMILES string of the molecule is CN1CCN(C(=O)CCc2ccc(-c3ccccc3F)s2)CC1.O=C(O)C(F)(F)F. The molecule has 0 saturated carbocycles. The van der Waals surface area contributed by atoms with E-state index in [0.717, 1.165) is 42.4 Å². The molecule has 2 aromatic rings. The summed E-state index contributed by atoms with van der Waals surface area (Å²) in [5.41, 5.74) is 0.633. The van der Waals surface area contributed by atoms with Crippen molar-refractivity contribution < 1.29 is 32.3 Å². The number of halogens is 4. The topological polar surface area (TPSA) is 60.9 Å². The van der Waals surface area contributed by atoms with Gasteiger partial charge in [-0.15, -0.1) is 11.3 Å². The van der Waals surface area contributed by atoms with Gasteiger partial charge in [0.2, 0.25) is 5.91 Å². The molecule has 30 heavy (non-hydrogen) atoms. The Morgan fingerprint density at radius 2 is 1.67 bits per heavy atom. The van der Waals surface area contributed by atoms with Crippen LogP contribution in [0.25, 0.3) is 10.4 Å². The number of aliphatic carboxylic acids is 1. The average Bonchev–Trinajstić information content (AvgIpc) is 3.15. The van der Waals surface area contributed by atoms with E-state index < -0.39 is 12.1 Å². The molecule has 1 N–H and O–H groups in total. The Morgan fingerprint density at radius 3 is 2.23 bits per heavy atom. The Labute approximate surface area is 175 Å². The summed E-state index contributed by atoms with van der Waals surface area (Å²) in [6.07, 6.45) is -3.83. The van der Waals surface area contributed by atoms with Gasteiger partial charge in [0.25, 0.3) is 0 Å². The van der Waals surface area contributed by atoms with Crippen LogP contribution >= 0.6 is 11.3 Å². The highest BCUT2D eigenvalue weighted by molar-refractivity contribution is 7.15. The summed E-state index contributed by atoms with van der Waals surface area (Å²) in [5, 5.41) is 7.12. The standard InChI is InChI=1S/C18H21FN2OS.C2HF3O2/c1-20-10-12-21(13-11-20)18(22)9-7-14-6-8-17(23-14)15-4-2-3-5-16(15)19;3-2(4,5)1(6)7/h2-6,8H,7,9-13H2,1H3;(H,6,7). The highest BCUT2D eigenvalue weighted by Crippen LogP contribution is 2.30. The van der Waals surface area contributed by atoms with Gasteiger partial charge >= 0.3 is 12.1 Å².